The molecular formula is C16H31N3O2. The van der Waals surface area contributed by atoms with Gasteiger partial charge in [-0.05, 0) is 32.9 Å². The molecule has 0 spiro atoms. The number of aliphatic hydroxyl groups is 1. The minimum Gasteiger partial charge on any atom is -0.394 e. The Labute approximate surface area is 128 Å². The summed E-state index contributed by atoms with van der Waals surface area (Å²) in [5.74, 6) is 0.276. The Bertz CT molecular complexity index is 342. The van der Waals surface area contributed by atoms with Gasteiger partial charge >= 0.3 is 0 Å². The summed E-state index contributed by atoms with van der Waals surface area (Å²) in [6.45, 7) is 7.89. The van der Waals surface area contributed by atoms with Gasteiger partial charge in [0.2, 0.25) is 5.91 Å². The molecule has 2 heterocycles. The molecule has 5 nitrogen and oxygen atoms in total. The van der Waals surface area contributed by atoms with Crippen molar-refractivity contribution in [2.75, 3.05) is 52.9 Å². The molecule has 0 aromatic rings. The number of amides is 1. The van der Waals surface area contributed by atoms with E-state index in [0.29, 0.717) is 6.42 Å². The molecule has 2 fully saturated rings. The van der Waals surface area contributed by atoms with Crippen LogP contribution in [0.3, 0.4) is 0 Å². The zero-order valence-corrected chi connectivity index (χ0v) is 13.7. The molecule has 0 radical (unpaired) electrons. The molecule has 2 rings (SSSR count). The number of carbonyl (C=O) groups excluding carboxylic acids is 1. The van der Waals surface area contributed by atoms with Crippen molar-refractivity contribution in [3.05, 3.63) is 0 Å². The molecule has 1 N–H and O–H groups in total. The molecule has 2 aliphatic heterocycles. The average molecular weight is 297 g/mol. The Balaban J connectivity index is 1.82. The summed E-state index contributed by atoms with van der Waals surface area (Å²) in [5.41, 5.74) is -0.0584. The number of rotatable bonds is 6. The lowest BCUT2D eigenvalue weighted by Gasteiger charge is -2.38. The van der Waals surface area contributed by atoms with E-state index in [9.17, 15) is 9.90 Å². The molecule has 5 heteroatoms. The summed E-state index contributed by atoms with van der Waals surface area (Å²) < 4.78 is 0. The molecule has 0 unspecified atom stereocenters. The van der Waals surface area contributed by atoms with E-state index in [1.54, 1.807) is 0 Å². The normalized spacial score (nSPS) is 28.2. The fourth-order valence-electron chi connectivity index (χ4n) is 3.79. The summed E-state index contributed by atoms with van der Waals surface area (Å²) >= 11 is 0. The minimum absolute atomic E-state index is 0.0584. The Morgan fingerprint density at radius 3 is 2.52 bits per heavy atom. The third-order valence-corrected chi connectivity index (χ3v) is 5.20. The lowest BCUT2D eigenvalue weighted by molar-refractivity contribution is -0.133. The molecule has 0 aliphatic carbocycles. The van der Waals surface area contributed by atoms with E-state index in [0.717, 1.165) is 65.0 Å². The van der Waals surface area contributed by atoms with Crippen LogP contribution in [0.25, 0.3) is 0 Å². The maximum atomic E-state index is 12.3. The van der Waals surface area contributed by atoms with E-state index >= 15 is 0 Å². The van der Waals surface area contributed by atoms with Crippen molar-refractivity contribution < 1.29 is 9.90 Å². The van der Waals surface area contributed by atoms with Crippen LogP contribution in [0.5, 0.6) is 0 Å². The zero-order chi connectivity index (χ0) is 15.3. The molecule has 0 bridgehead atoms. The van der Waals surface area contributed by atoms with Gasteiger partial charge in [-0.3, -0.25) is 9.69 Å². The number of aliphatic hydroxyl groups excluding tert-OH is 1. The number of hydrogen-bond donors (Lipinski definition) is 1. The van der Waals surface area contributed by atoms with Crippen molar-refractivity contribution in [3.63, 3.8) is 0 Å². The summed E-state index contributed by atoms with van der Waals surface area (Å²) in [6, 6.07) is 0. The van der Waals surface area contributed by atoms with E-state index in [4.69, 9.17) is 0 Å². The highest BCUT2D eigenvalue weighted by Gasteiger charge is 2.39. The van der Waals surface area contributed by atoms with Crippen LogP contribution in [0.2, 0.25) is 0 Å². The highest BCUT2D eigenvalue weighted by atomic mass is 16.3. The first-order chi connectivity index (χ1) is 10.1. The van der Waals surface area contributed by atoms with E-state index in [-0.39, 0.29) is 18.1 Å². The van der Waals surface area contributed by atoms with Crippen molar-refractivity contribution in [2.24, 2.45) is 0 Å². The molecule has 1 amide bonds. The van der Waals surface area contributed by atoms with Gasteiger partial charge in [0.1, 0.15) is 0 Å². The van der Waals surface area contributed by atoms with Gasteiger partial charge in [0, 0.05) is 44.7 Å². The van der Waals surface area contributed by atoms with Gasteiger partial charge in [-0.15, -0.1) is 0 Å². The fourth-order valence-corrected chi connectivity index (χ4v) is 3.79. The molecule has 0 saturated carbocycles. The van der Waals surface area contributed by atoms with Gasteiger partial charge in [0.25, 0.3) is 0 Å². The lowest BCUT2D eigenvalue weighted by atomic mass is 9.91. The van der Waals surface area contributed by atoms with Gasteiger partial charge in [-0.25, -0.2) is 0 Å². The summed E-state index contributed by atoms with van der Waals surface area (Å²) in [5, 5.41) is 9.82. The van der Waals surface area contributed by atoms with Crippen LogP contribution in [0.1, 0.15) is 39.0 Å². The molecule has 21 heavy (non-hydrogen) atoms. The first-order valence-electron chi connectivity index (χ1n) is 8.43. The summed E-state index contributed by atoms with van der Waals surface area (Å²) in [7, 11) is 2.10. The fraction of sp³-hybridized carbons (Fsp3) is 0.938. The van der Waals surface area contributed by atoms with Crippen LogP contribution < -0.4 is 0 Å². The number of hydrogen-bond acceptors (Lipinski definition) is 4. The number of likely N-dealkylation sites (tertiary alicyclic amines) is 1. The third-order valence-electron chi connectivity index (χ3n) is 5.20. The van der Waals surface area contributed by atoms with Gasteiger partial charge in [-0.2, -0.15) is 0 Å². The molecular weight excluding hydrogens is 266 g/mol. The number of carbonyl (C=O) groups is 1. The van der Waals surface area contributed by atoms with Gasteiger partial charge in [0.15, 0.2) is 0 Å². The predicted octanol–water partition coefficient (Wildman–Crippen LogP) is 0.778. The largest absolute Gasteiger partial charge is 0.394 e. The topological polar surface area (TPSA) is 47.0 Å². The maximum absolute atomic E-state index is 12.3. The highest BCUT2D eigenvalue weighted by molar-refractivity contribution is 5.76. The van der Waals surface area contributed by atoms with Crippen LogP contribution in [-0.2, 0) is 4.79 Å². The van der Waals surface area contributed by atoms with E-state index in [2.05, 4.69) is 23.8 Å². The van der Waals surface area contributed by atoms with Crippen molar-refractivity contribution in [2.45, 2.75) is 44.6 Å². The van der Waals surface area contributed by atoms with Crippen LogP contribution in [-0.4, -0.2) is 84.2 Å². The minimum atomic E-state index is -0.0584. The van der Waals surface area contributed by atoms with E-state index in [1.165, 1.54) is 0 Å². The highest BCUT2D eigenvalue weighted by Crippen LogP contribution is 2.33. The Hall–Kier alpha value is -0.650. The first-order valence-corrected chi connectivity index (χ1v) is 8.43. The van der Waals surface area contributed by atoms with Crippen LogP contribution in [0.15, 0.2) is 0 Å². The average Bonchev–Trinajstić information content (AvgIpc) is 2.89. The quantitative estimate of drug-likeness (QED) is 0.787. The van der Waals surface area contributed by atoms with Crippen molar-refractivity contribution in [1.29, 1.82) is 0 Å². The van der Waals surface area contributed by atoms with Gasteiger partial charge in [-0.1, -0.05) is 13.3 Å². The maximum Gasteiger partial charge on any atom is 0.223 e. The monoisotopic (exact) mass is 297 g/mol. The molecule has 122 valence electrons. The molecule has 2 aliphatic rings. The first kappa shape index (κ1) is 16.7. The smallest absolute Gasteiger partial charge is 0.223 e. The Morgan fingerprint density at radius 1 is 1.19 bits per heavy atom. The molecule has 0 aromatic carbocycles. The van der Waals surface area contributed by atoms with E-state index < -0.39 is 0 Å². The standard InChI is InChI=1S/C16H31N3O2/c1-3-6-16(14-20)7-4-8-19(16)9-5-15(21)18-12-10-17(2)11-13-18/h20H,3-14H2,1-2H3/t16-/m1/s1. The second kappa shape index (κ2) is 7.56. The number of nitrogens with zero attached hydrogens (tertiary/aromatic N) is 3. The zero-order valence-electron chi connectivity index (χ0n) is 13.7. The van der Waals surface area contributed by atoms with Crippen LogP contribution >= 0.6 is 0 Å². The van der Waals surface area contributed by atoms with Crippen molar-refractivity contribution in [3.8, 4) is 0 Å². The Morgan fingerprint density at radius 2 is 1.90 bits per heavy atom. The predicted molar refractivity (Wildman–Crippen MR) is 84.2 cm³/mol. The van der Waals surface area contributed by atoms with Crippen LogP contribution in [0, 0.1) is 0 Å². The van der Waals surface area contributed by atoms with Crippen molar-refractivity contribution >= 4 is 5.91 Å². The third kappa shape index (κ3) is 3.96. The van der Waals surface area contributed by atoms with Crippen LogP contribution in [0.4, 0.5) is 0 Å². The second-order valence-corrected chi connectivity index (χ2v) is 6.66. The summed E-state index contributed by atoms with van der Waals surface area (Å²) in [4.78, 5) is 19.0. The molecule has 2 saturated heterocycles. The van der Waals surface area contributed by atoms with Gasteiger partial charge in [0.05, 0.1) is 6.61 Å². The Kier molecular flexibility index (Phi) is 6.02. The SMILES string of the molecule is CCC[C@]1(CO)CCCN1CCC(=O)N1CCN(C)CC1. The number of piperazine rings is 1. The summed E-state index contributed by atoms with van der Waals surface area (Å²) in [6.07, 6.45) is 4.92. The van der Waals surface area contributed by atoms with E-state index in [1.807, 2.05) is 4.90 Å². The van der Waals surface area contributed by atoms with Crippen molar-refractivity contribution in [1.82, 2.24) is 14.7 Å². The molecule has 0 aromatic heterocycles. The molecule has 1 atom stereocenters. The lowest BCUT2D eigenvalue weighted by Crippen LogP contribution is -2.50. The van der Waals surface area contributed by atoms with Gasteiger partial charge < -0.3 is 14.9 Å². The number of likely N-dealkylation sites (N-methyl/N-ethyl adjacent to an activating group) is 1. The second-order valence-electron chi connectivity index (χ2n) is 6.66.